The normalized spacial score (nSPS) is 10.4. The molecule has 0 atom stereocenters. The molecule has 0 aliphatic rings. The molecule has 0 aliphatic heterocycles. The predicted octanol–water partition coefficient (Wildman–Crippen LogP) is 3.68. The number of benzene rings is 1. The van der Waals surface area contributed by atoms with Gasteiger partial charge < -0.3 is 5.32 Å². The van der Waals surface area contributed by atoms with Crippen molar-refractivity contribution >= 4 is 17.0 Å². The largest absolute Gasteiger partial charge is 0.385 e. The Labute approximate surface area is 96.7 Å². The Bertz CT molecular complexity index is 454. The van der Waals surface area contributed by atoms with Crippen LogP contribution in [-0.4, -0.2) is 6.54 Å². The van der Waals surface area contributed by atoms with Crippen molar-refractivity contribution < 1.29 is 8.78 Å². The number of nitrogens with one attached hydrogen (secondary N) is 1. The Morgan fingerprint density at radius 3 is 2.69 bits per heavy atom. The van der Waals surface area contributed by atoms with Gasteiger partial charge in [0.15, 0.2) is 11.6 Å². The van der Waals surface area contributed by atoms with Gasteiger partial charge in [0.1, 0.15) is 0 Å². The standard InChI is InChI=1S/C12H11F2NS/c13-11-4-3-9(8-12(11)14)15-6-5-10-2-1-7-16-10/h1-4,7-8,15H,5-6H2. The minimum Gasteiger partial charge on any atom is -0.385 e. The summed E-state index contributed by atoms with van der Waals surface area (Å²) in [7, 11) is 0. The molecule has 0 bridgehead atoms. The summed E-state index contributed by atoms with van der Waals surface area (Å²) in [6.45, 7) is 0.714. The molecule has 0 spiro atoms. The van der Waals surface area contributed by atoms with Crippen molar-refractivity contribution in [1.82, 2.24) is 0 Å². The lowest BCUT2D eigenvalue weighted by atomic mass is 10.3. The number of halogens is 2. The molecule has 0 aliphatic carbocycles. The summed E-state index contributed by atoms with van der Waals surface area (Å²) in [5.41, 5.74) is 0.607. The van der Waals surface area contributed by atoms with E-state index in [-0.39, 0.29) is 0 Å². The first-order valence-electron chi connectivity index (χ1n) is 4.97. The van der Waals surface area contributed by atoms with Crippen molar-refractivity contribution in [3.05, 3.63) is 52.2 Å². The van der Waals surface area contributed by atoms with Crippen LogP contribution < -0.4 is 5.32 Å². The topological polar surface area (TPSA) is 12.0 Å². The van der Waals surface area contributed by atoms with Gasteiger partial charge in [0, 0.05) is 17.1 Å². The zero-order valence-corrected chi connectivity index (χ0v) is 9.36. The molecule has 0 saturated carbocycles. The van der Waals surface area contributed by atoms with Crippen LogP contribution in [0.1, 0.15) is 4.88 Å². The minimum absolute atomic E-state index is 0.607. The summed E-state index contributed by atoms with van der Waals surface area (Å²) in [5.74, 6) is -1.63. The molecule has 0 unspecified atom stereocenters. The molecule has 1 nitrogen and oxygen atoms in total. The van der Waals surface area contributed by atoms with Gasteiger partial charge in [-0.2, -0.15) is 0 Å². The van der Waals surface area contributed by atoms with Crippen LogP contribution in [0, 0.1) is 11.6 Å². The van der Waals surface area contributed by atoms with Crippen LogP contribution >= 0.6 is 11.3 Å². The van der Waals surface area contributed by atoms with Gasteiger partial charge in [-0.1, -0.05) is 6.07 Å². The quantitative estimate of drug-likeness (QED) is 0.858. The molecular formula is C12H11F2NS. The van der Waals surface area contributed by atoms with E-state index in [1.807, 2.05) is 11.4 Å². The molecule has 0 fully saturated rings. The van der Waals surface area contributed by atoms with Crippen LogP contribution in [0.5, 0.6) is 0 Å². The van der Waals surface area contributed by atoms with Gasteiger partial charge in [0.05, 0.1) is 0 Å². The van der Waals surface area contributed by atoms with E-state index in [9.17, 15) is 8.78 Å². The number of anilines is 1. The molecule has 1 N–H and O–H groups in total. The van der Waals surface area contributed by atoms with Crippen LogP contribution in [0.2, 0.25) is 0 Å². The minimum atomic E-state index is -0.818. The second-order valence-electron chi connectivity index (χ2n) is 3.39. The highest BCUT2D eigenvalue weighted by Crippen LogP contribution is 2.14. The third-order valence-electron chi connectivity index (χ3n) is 2.20. The summed E-state index contributed by atoms with van der Waals surface area (Å²) >= 11 is 1.69. The SMILES string of the molecule is Fc1ccc(NCCc2cccs2)cc1F. The van der Waals surface area contributed by atoms with Crippen LogP contribution in [0.4, 0.5) is 14.5 Å². The van der Waals surface area contributed by atoms with Crippen molar-refractivity contribution in [2.75, 3.05) is 11.9 Å². The van der Waals surface area contributed by atoms with Gasteiger partial charge in [0.25, 0.3) is 0 Å². The maximum absolute atomic E-state index is 12.9. The van der Waals surface area contributed by atoms with E-state index in [0.29, 0.717) is 12.2 Å². The number of rotatable bonds is 4. The summed E-state index contributed by atoms with van der Waals surface area (Å²) in [4.78, 5) is 1.27. The molecule has 2 aromatic rings. The smallest absolute Gasteiger partial charge is 0.160 e. The van der Waals surface area contributed by atoms with Gasteiger partial charge in [-0.15, -0.1) is 11.3 Å². The Hall–Kier alpha value is -1.42. The highest BCUT2D eigenvalue weighted by molar-refractivity contribution is 7.09. The average molecular weight is 239 g/mol. The summed E-state index contributed by atoms with van der Waals surface area (Å²) < 4.78 is 25.5. The maximum atomic E-state index is 12.9. The van der Waals surface area contributed by atoms with Crippen molar-refractivity contribution in [2.24, 2.45) is 0 Å². The maximum Gasteiger partial charge on any atom is 0.160 e. The van der Waals surface area contributed by atoms with Crippen LogP contribution in [0.25, 0.3) is 0 Å². The fourth-order valence-corrected chi connectivity index (χ4v) is 2.10. The van der Waals surface area contributed by atoms with E-state index in [4.69, 9.17) is 0 Å². The molecule has 84 valence electrons. The fraction of sp³-hybridized carbons (Fsp3) is 0.167. The molecule has 2 rings (SSSR count). The third-order valence-corrected chi connectivity index (χ3v) is 3.14. The van der Waals surface area contributed by atoms with Gasteiger partial charge in [-0.25, -0.2) is 8.78 Å². The molecular weight excluding hydrogens is 228 g/mol. The summed E-state index contributed by atoms with van der Waals surface area (Å²) in [6.07, 6.45) is 0.886. The second kappa shape index (κ2) is 5.07. The molecule has 1 aromatic carbocycles. The van der Waals surface area contributed by atoms with Crippen LogP contribution in [-0.2, 0) is 6.42 Å². The molecule has 16 heavy (non-hydrogen) atoms. The van der Waals surface area contributed by atoms with Gasteiger partial charge in [-0.3, -0.25) is 0 Å². The Morgan fingerprint density at radius 2 is 2.00 bits per heavy atom. The molecule has 0 saturated heterocycles. The molecule has 1 heterocycles. The number of hydrogen-bond acceptors (Lipinski definition) is 2. The average Bonchev–Trinajstić information content (AvgIpc) is 2.76. The van der Waals surface area contributed by atoms with Gasteiger partial charge in [0.2, 0.25) is 0 Å². The Kier molecular flexibility index (Phi) is 3.51. The number of thiophene rings is 1. The number of hydrogen-bond donors (Lipinski definition) is 1. The fourth-order valence-electron chi connectivity index (χ4n) is 1.39. The van der Waals surface area contributed by atoms with E-state index in [0.717, 1.165) is 12.5 Å². The first-order valence-corrected chi connectivity index (χ1v) is 5.85. The predicted molar refractivity (Wildman–Crippen MR) is 62.9 cm³/mol. The van der Waals surface area contributed by atoms with Crippen LogP contribution in [0.3, 0.4) is 0 Å². The first-order chi connectivity index (χ1) is 7.75. The van der Waals surface area contributed by atoms with Crippen molar-refractivity contribution in [3.8, 4) is 0 Å². The lowest BCUT2D eigenvalue weighted by molar-refractivity contribution is 0.509. The first kappa shape index (κ1) is 11.1. The van der Waals surface area contributed by atoms with Gasteiger partial charge >= 0.3 is 0 Å². The Morgan fingerprint density at radius 1 is 1.12 bits per heavy atom. The summed E-state index contributed by atoms with van der Waals surface area (Å²) in [5, 5.41) is 5.07. The third kappa shape index (κ3) is 2.79. The van der Waals surface area contributed by atoms with Crippen molar-refractivity contribution in [2.45, 2.75) is 6.42 Å². The van der Waals surface area contributed by atoms with Crippen molar-refractivity contribution in [3.63, 3.8) is 0 Å². The molecule has 0 radical (unpaired) electrons. The molecule has 1 aromatic heterocycles. The van der Waals surface area contributed by atoms with E-state index in [1.165, 1.54) is 17.0 Å². The molecule has 4 heteroatoms. The second-order valence-corrected chi connectivity index (χ2v) is 4.42. The van der Waals surface area contributed by atoms with E-state index in [2.05, 4.69) is 11.4 Å². The monoisotopic (exact) mass is 239 g/mol. The highest BCUT2D eigenvalue weighted by Gasteiger charge is 2.01. The van der Waals surface area contributed by atoms with Crippen LogP contribution in [0.15, 0.2) is 35.7 Å². The zero-order valence-electron chi connectivity index (χ0n) is 8.54. The summed E-state index contributed by atoms with van der Waals surface area (Å²) in [6, 6.07) is 7.88. The van der Waals surface area contributed by atoms with E-state index < -0.39 is 11.6 Å². The van der Waals surface area contributed by atoms with Gasteiger partial charge in [-0.05, 0) is 36.1 Å². The molecule has 0 amide bonds. The van der Waals surface area contributed by atoms with Crippen molar-refractivity contribution in [1.29, 1.82) is 0 Å². The zero-order chi connectivity index (χ0) is 11.4. The Balaban J connectivity index is 1.87. The highest BCUT2D eigenvalue weighted by atomic mass is 32.1. The lowest BCUT2D eigenvalue weighted by Crippen LogP contribution is -2.04. The van der Waals surface area contributed by atoms with E-state index in [1.54, 1.807) is 11.3 Å². The van der Waals surface area contributed by atoms with E-state index >= 15 is 0 Å². The lowest BCUT2D eigenvalue weighted by Gasteiger charge is -2.05.